The summed E-state index contributed by atoms with van der Waals surface area (Å²) in [6.07, 6.45) is 2.49. The van der Waals surface area contributed by atoms with Gasteiger partial charge in [0.2, 0.25) is 11.0 Å². The first-order valence-corrected chi connectivity index (χ1v) is 9.79. The van der Waals surface area contributed by atoms with Gasteiger partial charge in [-0.25, -0.2) is 4.98 Å². The summed E-state index contributed by atoms with van der Waals surface area (Å²) in [4.78, 5) is 17.2. The molecule has 1 aromatic carbocycles. The molecule has 2 heterocycles. The number of amides is 1. The number of hydrogen-bond donors (Lipinski definition) is 2. The number of thioether (sulfide) groups is 1. The summed E-state index contributed by atoms with van der Waals surface area (Å²) < 4.78 is 0.670. The minimum Gasteiger partial charge on any atom is -0.374 e. The smallest absolute Gasteiger partial charge is 0.236 e. The lowest BCUT2D eigenvalue weighted by atomic mass is 10.1. The van der Waals surface area contributed by atoms with Crippen LogP contribution in [-0.2, 0) is 11.2 Å². The van der Waals surface area contributed by atoms with Crippen molar-refractivity contribution in [3.63, 3.8) is 0 Å². The van der Waals surface area contributed by atoms with E-state index in [2.05, 4.69) is 20.5 Å². The molecule has 3 aromatic rings. The fraction of sp³-hybridized carbons (Fsp3) is 0.143. The van der Waals surface area contributed by atoms with Crippen LogP contribution >= 0.6 is 46.0 Å². The standard InChI is InChI=1S/C14H12ClN5OS3/c15-9-3-1-2-8(4-9)5-10-6-17-13(23-10)18-11(21)7-22-14-20-19-12(16)24-14/h1-4,6H,5,7H2,(H2,16,19)(H,17,18,21). The average molecular weight is 398 g/mol. The molecule has 0 aliphatic heterocycles. The van der Waals surface area contributed by atoms with Crippen LogP contribution in [0.3, 0.4) is 0 Å². The van der Waals surface area contributed by atoms with Gasteiger partial charge in [0, 0.05) is 22.5 Å². The van der Waals surface area contributed by atoms with Crippen molar-refractivity contribution in [2.75, 3.05) is 16.8 Å². The molecule has 0 aliphatic rings. The van der Waals surface area contributed by atoms with Crippen molar-refractivity contribution in [1.29, 1.82) is 0 Å². The van der Waals surface area contributed by atoms with Gasteiger partial charge in [-0.3, -0.25) is 4.79 Å². The molecule has 3 N–H and O–H groups in total. The number of halogens is 1. The Morgan fingerprint density at radius 1 is 1.33 bits per heavy atom. The topological polar surface area (TPSA) is 93.8 Å². The summed E-state index contributed by atoms with van der Waals surface area (Å²) in [7, 11) is 0. The molecule has 24 heavy (non-hydrogen) atoms. The van der Waals surface area contributed by atoms with E-state index in [-0.39, 0.29) is 11.7 Å². The van der Waals surface area contributed by atoms with Crippen LogP contribution in [-0.4, -0.2) is 26.8 Å². The molecule has 0 saturated carbocycles. The van der Waals surface area contributed by atoms with E-state index >= 15 is 0 Å². The second-order valence-electron chi connectivity index (χ2n) is 4.68. The van der Waals surface area contributed by atoms with Crippen LogP contribution in [0, 0.1) is 0 Å². The lowest BCUT2D eigenvalue weighted by Gasteiger charge is -2.00. The third-order valence-electron chi connectivity index (χ3n) is 2.82. The number of carbonyl (C=O) groups is 1. The first-order valence-electron chi connectivity index (χ1n) is 6.79. The fourth-order valence-corrected chi connectivity index (χ4v) is 4.37. The highest BCUT2D eigenvalue weighted by Gasteiger charge is 2.10. The molecule has 0 aliphatic carbocycles. The number of rotatable bonds is 6. The molecular weight excluding hydrogens is 386 g/mol. The molecule has 0 saturated heterocycles. The first-order chi connectivity index (χ1) is 11.6. The van der Waals surface area contributed by atoms with E-state index < -0.39 is 0 Å². The van der Waals surface area contributed by atoms with Crippen LogP contribution in [0.15, 0.2) is 34.8 Å². The van der Waals surface area contributed by atoms with Crippen LogP contribution in [0.2, 0.25) is 5.02 Å². The molecule has 124 valence electrons. The number of carbonyl (C=O) groups excluding carboxylic acids is 1. The molecule has 10 heteroatoms. The average Bonchev–Trinajstić information content (AvgIpc) is 3.14. The zero-order valence-corrected chi connectivity index (χ0v) is 15.4. The Morgan fingerprint density at radius 3 is 2.96 bits per heavy atom. The minimum atomic E-state index is -0.141. The zero-order chi connectivity index (χ0) is 16.9. The van der Waals surface area contributed by atoms with Crippen molar-refractivity contribution >= 4 is 62.2 Å². The Balaban J connectivity index is 1.52. The predicted octanol–water partition coefficient (Wildman–Crippen LogP) is 3.55. The Hall–Kier alpha value is -1.68. The molecule has 0 unspecified atom stereocenters. The number of nitrogens with two attached hydrogens (primary N) is 1. The van der Waals surface area contributed by atoms with E-state index in [9.17, 15) is 4.79 Å². The van der Waals surface area contributed by atoms with Crippen molar-refractivity contribution in [3.8, 4) is 0 Å². The van der Waals surface area contributed by atoms with Crippen molar-refractivity contribution in [3.05, 3.63) is 45.9 Å². The van der Waals surface area contributed by atoms with Gasteiger partial charge in [0.15, 0.2) is 9.47 Å². The number of benzene rings is 1. The van der Waals surface area contributed by atoms with Gasteiger partial charge in [0.05, 0.1) is 5.75 Å². The minimum absolute atomic E-state index is 0.141. The number of aromatic nitrogens is 3. The van der Waals surface area contributed by atoms with E-state index in [0.717, 1.165) is 16.9 Å². The Bertz CT molecular complexity index is 850. The highest BCUT2D eigenvalue weighted by molar-refractivity contribution is 8.01. The molecule has 0 bridgehead atoms. The Labute approximate surface area is 155 Å². The molecule has 0 atom stereocenters. The van der Waals surface area contributed by atoms with Gasteiger partial charge in [0.25, 0.3) is 0 Å². The maximum Gasteiger partial charge on any atom is 0.236 e. The lowest BCUT2D eigenvalue weighted by molar-refractivity contribution is -0.113. The molecule has 3 rings (SSSR count). The second kappa shape index (κ2) is 7.93. The maximum atomic E-state index is 11.9. The number of nitrogen functional groups attached to an aromatic ring is 1. The number of hydrogen-bond acceptors (Lipinski definition) is 8. The van der Waals surface area contributed by atoms with Crippen LogP contribution in [0.25, 0.3) is 0 Å². The summed E-state index contributed by atoms with van der Waals surface area (Å²) in [6, 6.07) is 7.68. The zero-order valence-electron chi connectivity index (χ0n) is 12.2. The maximum absolute atomic E-state index is 11.9. The lowest BCUT2D eigenvalue weighted by Crippen LogP contribution is -2.13. The number of nitrogens with zero attached hydrogens (tertiary/aromatic N) is 3. The van der Waals surface area contributed by atoms with Gasteiger partial charge >= 0.3 is 0 Å². The van der Waals surface area contributed by atoms with Gasteiger partial charge in [0.1, 0.15) is 0 Å². The van der Waals surface area contributed by atoms with E-state index in [4.69, 9.17) is 17.3 Å². The van der Waals surface area contributed by atoms with Crippen molar-refractivity contribution < 1.29 is 4.79 Å². The second-order valence-corrected chi connectivity index (χ2v) is 8.46. The number of thiazole rings is 1. The van der Waals surface area contributed by atoms with Crippen molar-refractivity contribution in [2.45, 2.75) is 10.8 Å². The SMILES string of the molecule is Nc1nnc(SCC(=O)Nc2ncc(Cc3cccc(Cl)c3)s2)s1. The van der Waals surface area contributed by atoms with E-state index in [1.165, 1.54) is 34.4 Å². The number of anilines is 2. The molecule has 0 fully saturated rings. The highest BCUT2D eigenvalue weighted by Crippen LogP contribution is 2.25. The molecule has 0 spiro atoms. The van der Waals surface area contributed by atoms with E-state index in [1.54, 1.807) is 6.20 Å². The first kappa shape index (κ1) is 17.2. The summed E-state index contributed by atoms with van der Waals surface area (Å²) in [6.45, 7) is 0. The summed E-state index contributed by atoms with van der Waals surface area (Å²) in [5.41, 5.74) is 6.60. The molecule has 1 amide bonds. The van der Waals surface area contributed by atoms with Crippen molar-refractivity contribution in [1.82, 2.24) is 15.2 Å². The fourth-order valence-electron chi connectivity index (χ4n) is 1.86. The Kier molecular flexibility index (Phi) is 5.67. The summed E-state index contributed by atoms with van der Waals surface area (Å²) in [5, 5.41) is 12.0. The van der Waals surface area contributed by atoms with E-state index in [0.29, 0.717) is 19.6 Å². The summed E-state index contributed by atoms with van der Waals surface area (Å²) >= 11 is 9.98. The van der Waals surface area contributed by atoms with Crippen molar-refractivity contribution in [2.24, 2.45) is 0 Å². The highest BCUT2D eigenvalue weighted by atomic mass is 35.5. The van der Waals surface area contributed by atoms with Gasteiger partial charge in [-0.2, -0.15) is 0 Å². The van der Waals surface area contributed by atoms with Crippen LogP contribution in [0.1, 0.15) is 10.4 Å². The van der Waals surface area contributed by atoms with Crippen LogP contribution < -0.4 is 11.1 Å². The monoisotopic (exact) mass is 397 g/mol. The predicted molar refractivity (Wildman–Crippen MR) is 100 cm³/mol. The van der Waals surface area contributed by atoms with Gasteiger partial charge in [-0.15, -0.1) is 21.5 Å². The Morgan fingerprint density at radius 2 is 2.21 bits per heavy atom. The normalized spacial score (nSPS) is 10.7. The molecule has 2 aromatic heterocycles. The van der Waals surface area contributed by atoms with Gasteiger partial charge in [-0.05, 0) is 17.7 Å². The molecular formula is C14H12ClN5OS3. The van der Waals surface area contributed by atoms with Crippen LogP contribution in [0.5, 0.6) is 0 Å². The quantitative estimate of drug-likeness (QED) is 0.617. The third-order valence-corrected chi connectivity index (χ3v) is 5.85. The van der Waals surface area contributed by atoms with E-state index in [1.807, 2.05) is 24.3 Å². The van der Waals surface area contributed by atoms with Crippen LogP contribution in [0.4, 0.5) is 10.3 Å². The number of nitrogens with one attached hydrogen (secondary N) is 1. The third kappa shape index (κ3) is 4.91. The largest absolute Gasteiger partial charge is 0.374 e. The van der Waals surface area contributed by atoms with Gasteiger partial charge in [-0.1, -0.05) is 46.8 Å². The summed E-state index contributed by atoms with van der Waals surface area (Å²) in [5.74, 6) is 0.0927. The molecule has 6 nitrogen and oxygen atoms in total. The van der Waals surface area contributed by atoms with Gasteiger partial charge < -0.3 is 11.1 Å². The molecule has 0 radical (unpaired) electrons.